The molecule has 2 aliphatic heterocycles. The molecule has 30 heavy (non-hydrogen) atoms. The van der Waals surface area contributed by atoms with Crippen LogP contribution in [-0.2, 0) is 17.8 Å². The van der Waals surface area contributed by atoms with Gasteiger partial charge < -0.3 is 19.7 Å². The summed E-state index contributed by atoms with van der Waals surface area (Å²) in [5.74, 6) is 2.48. The van der Waals surface area contributed by atoms with Gasteiger partial charge >= 0.3 is 0 Å². The number of aromatic nitrogens is 2. The number of hydrogen-bond donors (Lipinski definition) is 1. The van der Waals surface area contributed by atoms with Gasteiger partial charge in [-0.05, 0) is 32.0 Å². The lowest BCUT2D eigenvalue weighted by atomic mass is 10.1. The summed E-state index contributed by atoms with van der Waals surface area (Å²) in [4.78, 5) is 25.4. The number of piperazine rings is 1. The minimum atomic E-state index is 0.0108. The van der Waals surface area contributed by atoms with Crippen LogP contribution in [0.25, 0.3) is 0 Å². The first-order valence-electron chi connectivity index (χ1n) is 10.6. The first kappa shape index (κ1) is 20.4. The summed E-state index contributed by atoms with van der Waals surface area (Å²) in [6.45, 7) is 8.66. The van der Waals surface area contributed by atoms with E-state index in [0.29, 0.717) is 19.7 Å². The van der Waals surface area contributed by atoms with Crippen LogP contribution in [-0.4, -0.2) is 66.2 Å². The minimum absolute atomic E-state index is 0.0108. The lowest BCUT2D eigenvalue weighted by molar-refractivity contribution is -0.122. The van der Waals surface area contributed by atoms with Crippen LogP contribution in [0.1, 0.15) is 25.0 Å². The van der Waals surface area contributed by atoms with Gasteiger partial charge in [-0.3, -0.25) is 9.69 Å². The molecule has 0 radical (unpaired) electrons. The second kappa shape index (κ2) is 9.30. The van der Waals surface area contributed by atoms with Crippen LogP contribution in [0, 0.1) is 0 Å². The number of hydrogen-bond acceptors (Lipinski definition) is 7. The Hall–Kier alpha value is -2.87. The fourth-order valence-corrected chi connectivity index (χ4v) is 3.92. The fourth-order valence-electron chi connectivity index (χ4n) is 3.92. The molecule has 4 rings (SSSR count). The fraction of sp³-hybridized carbons (Fsp3) is 0.500. The van der Waals surface area contributed by atoms with Crippen molar-refractivity contribution in [2.45, 2.75) is 32.9 Å². The lowest BCUT2D eigenvalue weighted by Crippen LogP contribution is -2.49. The third-order valence-corrected chi connectivity index (χ3v) is 5.43. The maximum Gasteiger partial charge on any atom is 0.234 e. The predicted octanol–water partition coefficient (Wildman–Crippen LogP) is 1.64. The van der Waals surface area contributed by atoms with Crippen molar-refractivity contribution in [2.24, 2.45) is 0 Å². The molecule has 1 fully saturated rings. The van der Waals surface area contributed by atoms with Gasteiger partial charge in [0, 0.05) is 62.7 Å². The highest BCUT2D eigenvalue weighted by Crippen LogP contribution is 2.35. The van der Waals surface area contributed by atoms with Crippen molar-refractivity contribution in [3.8, 4) is 11.5 Å². The SMILES string of the molecule is CCOc1cc2c(cc1CNC(=O)CN1CCN(c3ncccn3)CC1)O[C@H](C)C2. The molecule has 1 saturated heterocycles. The maximum absolute atomic E-state index is 12.5. The van der Waals surface area contributed by atoms with Crippen molar-refractivity contribution in [1.29, 1.82) is 0 Å². The number of benzene rings is 1. The molecule has 1 aromatic carbocycles. The molecular weight excluding hydrogens is 382 g/mol. The van der Waals surface area contributed by atoms with Gasteiger partial charge in [0.25, 0.3) is 0 Å². The summed E-state index contributed by atoms with van der Waals surface area (Å²) >= 11 is 0. The van der Waals surface area contributed by atoms with E-state index in [1.807, 2.05) is 19.1 Å². The highest BCUT2D eigenvalue weighted by Gasteiger charge is 2.23. The summed E-state index contributed by atoms with van der Waals surface area (Å²) in [6.07, 6.45) is 4.58. The number of anilines is 1. The highest BCUT2D eigenvalue weighted by molar-refractivity contribution is 5.78. The van der Waals surface area contributed by atoms with Gasteiger partial charge in [-0.1, -0.05) is 0 Å². The molecule has 0 spiro atoms. The lowest BCUT2D eigenvalue weighted by Gasteiger charge is -2.34. The van der Waals surface area contributed by atoms with Crippen molar-refractivity contribution in [1.82, 2.24) is 20.2 Å². The Bertz CT molecular complexity index is 869. The molecule has 0 aliphatic carbocycles. The zero-order valence-electron chi connectivity index (χ0n) is 17.6. The van der Waals surface area contributed by atoms with Gasteiger partial charge in [0.1, 0.15) is 17.6 Å². The van der Waals surface area contributed by atoms with Crippen LogP contribution >= 0.6 is 0 Å². The summed E-state index contributed by atoms with van der Waals surface area (Å²) in [5.41, 5.74) is 2.12. The summed E-state index contributed by atoms with van der Waals surface area (Å²) < 4.78 is 11.7. The molecule has 2 aromatic rings. The first-order chi connectivity index (χ1) is 14.6. The Morgan fingerprint density at radius 2 is 2.00 bits per heavy atom. The van der Waals surface area contributed by atoms with Crippen LogP contribution in [0.3, 0.4) is 0 Å². The number of ether oxygens (including phenoxy) is 2. The zero-order chi connectivity index (χ0) is 20.9. The second-order valence-corrected chi connectivity index (χ2v) is 7.72. The Labute approximate surface area is 177 Å². The van der Waals surface area contributed by atoms with Crippen LogP contribution in [0.4, 0.5) is 5.95 Å². The Morgan fingerprint density at radius 1 is 1.23 bits per heavy atom. The van der Waals surface area contributed by atoms with Crippen molar-refractivity contribution < 1.29 is 14.3 Å². The third kappa shape index (κ3) is 4.81. The van der Waals surface area contributed by atoms with Crippen LogP contribution < -0.4 is 19.7 Å². The Morgan fingerprint density at radius 3 is 2.73 bits per heavy atom. The molecule has 1 amide bonds. The summed E-state index contributed by atoms with van der Waals surface area (Å²) in [7, 11) is 0. The smallest absolute Gasteiger partial charge is 0.234 e. The number of rotatable bonds is 7. The molecule has 8 nitrogen and oxygen atoms in total. The first-order valence-corrected chi connectivity index (χ1v) is 10.6. The average Bonchev–Trinajstić information content (AvgIpc) is 3.12. The Kier molecular flexibility index (Phi) is 6.32. The van der Waals surface area contributed by atoms with Crippen LogP contribution in [0.15, 0.2) is 30.6 Å². The van der Waals surface area contributed by atoms with E-state index in [9.17, 15) is 4.79 Å². The zero-order valence-corrected chi connectivity index (χ0v) is 17.6. The molecule has 3 heterocycles. The number of nitrogens with zero attached hydrogens (tertiary/aromatic N) is 4. The van der Waals surface area contributed by atoms with E-state index in [-0.39, 0.29) is 12.0 Å². The van der Waals surface area contributed by atoms with Gasteiger partial charge in [0.2, 0.25) is 11.9 Å². The molecule has 1 aromatic heterocycles. The summed E-state index contributed by atoms with van der Waals surface area (Å²) in [6, 6.07) is 5.87. The maximum atomic E-state index is 12.5. The van der Waals surface area contributed by atoms with E-state index < -0.39 is 0 Å². The molecule has 8 heteroatoms. The predicted molar refractivity (Wildman–Crippen MR) is 114 cm³/mol. The minimum Gasteiger partial charge on any atom is -0.494 e. The molecule has 1 N–H and O–H groups in total. The quantitative estimate of drug-likeness (QED) is 0.742. The monoisotopic (exact) mass is 411 g/mol. The van der Waals surface area contributed by atoms with E-state index in [1.54, 1.807) is 12.4 Å². The molecule has 160 valence electrons. The van der Waals surface area contributed by atoms with E-state index in [0.717, 1.165) is 55.6 Å². The Balaban J connectivity index is 1.29. The van der Waals surface area contributed by atoms with Gasteiger partial charge in [-0.2, -0.15) is 0 Å². The van der Waals surface area contributed by atoms with Crippen molar-refractivity contribution in [3.63, 3.8) is 0 Å². The number of nitrogens with one attached hydrogen (secondary N) is 1. The molecule has 2 aliphatic rings. The molecule has 0 saturated carbocycles. The number of carbonyl (C=O) groups is 1. The van der Waals surface area contributed by atoms with E-state index in [2.05, 4.69) is 38.1 Å². The molecular formula is C22H29N5O3. The average molecular weight is 412 g/mol. The van der Waals surface area contributed by atoms with E-state index in [1.165, 1.54) is 5.56 Å². The molecule has 0 unspecified atom stereocenters. The summed E-state index contributed by atoms with van der Waals surface area (Å²) in [5, 5.41) is 3.04. The van der Waals surface area contributed by atoms with Gasteiger partial charge in [0.05, 0.1) is 13.2 Å². The molecule has 1 atom stereocenters. The number of fused-ring (bicyclic) bond motifs is 1. The topological polar surface area (TPSA) is 79.8 Å². The number of amides is 1. The van der Waals surface area contributed by atoms with Crippen molar-refractivity contribution in [3.05, 3.63) is 41.7 Å². The second-order valence-electron chi connectivity index (χ2n) is 7.72. The van der Waals surface area contributed by atoms with E-state index >= 15 is 0 Å². The third-order valence-electron chi connectivity index (χ3n) is 5.43. The highest BCUT2D eigenvalue weighted by atomic mass is 16.5. The van der Waals surface area contributed by atoms with E-state index in [4.69, 9.17) is 9.47 Å². The van der Waals surface area contributed by atoms with Gasteiger partial charge in [-0.15, -0.1) is 0 Å². The van der Waals surface area contributed by atoms with Gasteiger partial charge in [0.15, 0.2) is 0 Å². The van der Waals surface area contributed by atoms with Gasteiger partial charge in [-0.25, -0.2) is 9.97 Å². The normalized spacial score (nSPS) is 18.6. The van der Waals surface area contributed by atoms with Crippen molar-refractivity contribution >= 4 is 11.9 Å². The van der Waals surface area contributed by atoms with Crippen LogP contribution in [0.2, 0.25) is 0 Å². The largest absolute Gasteiger partial charge is 0.494 e. The standard InChI is InChI=1S/C22H29N5O3/c1-3-29-19-12-17-11-16(2)30-20(17)13-18(19)14-25-21(28)15-26-7-9-27(10-8-26)22-23-5-4-6-24-22/h4-6,12-13,16H,3,7-11,14-15H2,1-2H3,(H,25,28)/t16-/m1/s1. The van der Waals surface area contributed by atoms with Crippen LogP contribution in [0.5, 0.6) is 11.5 Å². The van der Waals surface area contributed by atoms with Crippen molar-refractivity contribution in [2.75, 3.05) is 44.2 Å². The number of carbonyl (C=O) groups excluding carboxylic acids is 1. The molecule has 0 bridgehead atoms.